The van der Waals surface area contributed by atoms with Gasteiger partial charge in [-0.25, -0.2) is 4.79 Å². The summed E-state index contributed by atoms with van der Waals surface area (Å²) in [4.78, 5) is 43.9. The van der Waals surface area contributed by atoms with Crippen LogP contribution in [0, 0.1) is 5.92 Å². The average molecular weight is 448 g/mol. The van der Waals surface area contributed by atoms with Crippen LogP contribution in [0.1, 0.15) is 43.7 Å². The molecule has 168 valence electrons. The summed E-state index contributed by atoms with van der Waals surface area (Å²) in [5, 5.41) is 0.521. The summed E-state index contributed by atoms with van der Waals surface area (Å²) in [6.07, 6.45) is 4.77. The van der Waals surface area contributed by atoms with Crippen LogP contribution in [0.2, 0.25) is 5.02 Å². The number of halogens is 1. The molecule has 2 saturated heterocycles. The first-order chi connectivity index (χ1) is 15.0. The minimum atomic E-state index is -0.595. The van der Waals surface area contributed by atoms with E-state index < -0.39 is 6.04 Å². The molecule has 1 aromatic rings. The minimum absolute atomic E-state index is 0.0564. The van der Waals surface area contributed by atoms with Gasteiger partial charge in [0, 0.05) is 50.2 Å². The molecule has 2 atom stereocenters. The number of methoxy groups -OCH3 is 1. The third-order valence-corrected chi connectivity index (χ3v) is 7.23. The van der Waals surface area contributed by atoms with Gasteiger partial charge in [-0.3, -0.25) is 14.5 Å². The highest BCUT2D eigenvalue weighted by Gasteiger charge is 2.41. The second kappa shape index (κ2) is 9.57. The number of benzene rings is 1. The van der Waals surface area contributed by atoms with Crippen molar-refractivity contribution in [3.8, 4) is 0 Å². The predicted molar refractivity (Wildman–Crippen MR) is 116 cm³/mol. The quantitative estimate of drug-likeness (QED) is 0.648. The Labute approximate surface area is 188 Å². The van der Waals surface area contributed by atoms with E-state index in [2.05, 4.69) is 0 Å². The van der Waals surface area contributed by atoms with Crippen molar-refractivity contribution in [2.24, 2.45) is 5.92 Å². The third kappa shape index (κ3) is 4.58. The zero-order valence-corrected chi connectivity index (χ0v) is 18.7. The molecule has 0 N–H and O–H groups in total. The maximum atomic E-state index is 13.1. The van der Waals surface area contributed by atoms with Crippen molar-refractivity contribution in [1.29, 1.82) is 0 Å². The van der Waals surface area contributed by atoms with Gasteiger partial charge in [0.15, 0.2) is 0 Å². The van der Waals surface area contributed by atoms with Crippen LogP contribution in [0.3, 0.4) is 0 Å². The zero-order valence-electron chi connectivity index (χ0n) is 18.0. The Morgan fingerprint density at radius 1 is 1.10 bits per heavy atom. The van der Waals surface area contributed by atoms with Gasteiger partial charge in [-0.1, -0.05) is 42.6 Å². The Hall–Kier alpha value is -2.12. The van der Waals surface area contributed by atoms with Crippen molar-refractivity contribution in [1.82, 2.24) is 14.7 Å². The highest BCUT2D eigenvalue weighted by molar-refractivity contribution is 6.31. The number of rotatable bonds is 5. The lowest BCUT2D eigenvalue weighted by Crippen LogP contribution is -2.52. The Morgan fingerprint density at radius 3 is 2.42 bits per heavy atom. The molecule has 0 spiro atoms. The average Bonchev–Trinajstić information content (AvgIpc) is 3.44. The van der Waals surface area contributed by atoms with Crippen LogP contribution in [0.15, 0.2) is 24.3 Å². The number of likely N-dealkylation sites (tertiary alicyclic amines) is 1. The second-order valence-corrected chi connectivity index (χ2v) is 9.10. The Bertz CT molecular complexity index is 834. The molecule has 0 radical (unpaired) electrons. The minimum Gasteiger partial charge on any atom is -0.468 e. The van der Waals surface area contributed by atoms with E-state index in [1.807, 2.05) is 32.9 Å². The summed E-state index contributed by atoms with van der Waals surface area (Å²) in [6.45, 7) is 2.68. The predicted octanol–water partition coefficient (Wildman–Crippen LogP) is 2.49. The topological polar surface area (TPSA) is 70.2 Å². The van der Waals surface area contributed by atoms with Gasteiger partial charge in [-0.05, 0) is 24.5 Å². The summed E-state index contributed by atoms with van der Waals surface area (Å²) >= 11 is 6.35. The number of ether oxygens (including phenoxy) is 1. The molecule has 8 heteroatoms. The molecule has 2 aliphatic heterocycles. The molecular weight excluding hydrogens is 418 g/mol. The van der Waals surface area contributed by atoms with Gasteiger partial charge >= 0.3 is 5.97 Å². The number of hydrogen-bond acceptors (Lipinski definition) is 5. The Balaban J connectivity index is 1.38. The van der Waals surface area contributed by atoms with E-state index in [1.165, 1.54) is 20.0 Å². The van der Waals surface area contributed by atoms with Gasteiger partial charge in [-0.2, -0.15) is 0 Å². The van der Waals surface area contributed by atoms with Gasteiger partial charge in [0.1, 0.15) is 6.04 Å². The molecule has 1 aromatic carbocycles. The highest BCUT2D eigenvalue weighted by Crippen LogP contribution is 2.32. The van der Waals surface area contributed by atoms with E-state index in [0.717, 1.165) is 12.8 Å². The van der Waals surface area contributed by atoms with Crippen molar-refractivity contribution < 1.29 is 19.1 Å². The maximum Gasteiger partial charge on any atom is 0.327 e. The number of hydrogen-bond donors (Lipinski definition) is 0. The van der Waals surface area contributed by atoms with E-state index in [-0.39, 0.29) is 23.7 Å². The molecule has 3 aliphatic rings. The van der Waals surface area contributed by atoms with Gasteiger partial charge < -0.3 is 14.5 Å². The summed E-state index contributed by atoms with van der Waals surface area (Å²) < 4.78 is 5.04. The van der Waals surface area contributed by atoms with Crippen molar-refractivity contribution in [3.63, 3.8) is 0 Å². The fraction of sp³-hybridized carbons (Fsp3) is 0.609. The Kier molecular flexibility index (Phi) is 6.82. The first kappa shape index (κ1) is 22.1. The summed E-state index contributed by atoms with van der Waals surface area (Å²) in [7, 11) is 1.37. The maximum absolute atomic E-state index is 13.1. The molecule has 7 nitrogen and oxygen atoms in total. The van der Waals surface area contributed by atoms with Gasteiger partial charge in [0.2, 0.25) is 11.8 Å². The lowest BCUT2D eigenvalue weighted by molar-refractivity contribution is -0.149. The molecule has 2 heterocycles. The molecule has 0 bridgehead atoms. The summed E-state index contributed by atoms with van der Waals surface area (Å²) in [5.74, 6) is -0.435. The standard InChI is InChI=1S/C23H30ClN3O4/c1-31-23(30)21(18-8-4-5-9-19(18)24)25-10-12-26(13-11-25)22(29)16-14-20(28)27(15-16)17-6-2-3-7-17/h4-5,8-9,16-17,21H,2-3,6-7,10-15H2,1H3. The molecule has 1 aliphatic carbocycles. The lowest BCUT2D eigenvalue weighted by Gasteiger charge is -2.39. The Morgan fingerprint density at radius 2 is 1.77 bits per heavy atom. The molecular formula is C23H30ClN3O4. The molecule has 3 fully saturated rings. The van der Waals surface area contributed by atoms with Crippen molar-refractivity contribution in [2.45, 2.75) is 44.2 Å². The van der Waals surface area contributed by atoms with E-state index in [4.69, 9.17) is 16.3 Å². The molecule has 2 amide bonds. The van der Waals surface area contributed by atoms with Crippen molar-refractivity contribution >= 4 is 29.4 Å². The largest absolute Gasteiger partial charge is 0.468 e. The van der Waals surface area contributed by atoms with Crippen LogP contribution in [0.4, 0.5) is 0 Å². The SMILES string of the molecule is COC(=O)C(c1ccccc1Cl)N1CCN(C(=O)C2CC(=O)N(C3CCCC3)C2)CC1. The van der Waals surface area contributed by atoms with E-state index in [9.17, 15) is 14.4 Å². The fourth-order valence-corrected chi connectivity index (χ4v) is 5.44. The normalized spacial score (nSPS) is 23.9. The number of piperazine rings is 1. The molecule has 4 rings (SSSR count). The van der Waals surface area contributed by atoms with Gasteiger partial charge in [0.25, 0.3) is 0 Å². The van der Waals surface area contributed by atoms with Crippen molar-refractivity contribution in [3.05, 3.63) is 34.9 Å². The molecule has 1 saturated carbocycles. The monoisotopic (exact) mass is 447 g/mol. The van der Waals surface area contributed by atoms with E-state index in [1.54, 1.807) is 6.07 Å². The molecule has 0 aromatic heterocycles. The van der Waals surface area contributed by atoms with Crippen LogP contribution in [-0.4, -0.2) is 78.4 Å². The summed E-state index contributed by atoms with van der Waals surface area (Å²) in [6, 6.07) is 7.00. The first-order valence-corrected chi connectivity index (χ1v) is 11.5. The van der Waals surface area contributed by atoms with Crippen LogP contribution >= 0.6 is 11.6 Å². The zero-order chi connectivity index (χ0) is 22.0. The van der Waals surface area contributed by atoms with Crippen LogP contribution in [-0.2, 0) is 19.1 Å². The van der Waals surface area contributed by atoms with Crippen molar-refractivity contribution in [2.75, 3.05) is 39.8 Å². The number of carbonyl (C=O) groups excluding carboxylic acids is 3. The molecule has 31 heavy (non-hydrogen) atoms. The number of esters is 1. The van der Waals surface area contributed by atoms with E-state index >= 15 is 0 Å². The lowest BCUT2D eigenvalue weighted by atomic mass is 10.0. The second-order valence-electron chi connectivity index (χ2n) is 8.69. The van der Waals surface area contributed by atoms with Crippen LogP contribution in [0.25, 0.3) is 0 Å². The first-order valence-electron chi connectivity index (χ1n) is 11.1. The van der Waals surface area contributed by atoms with E-state index in [0.29, 0.717) is 55.8 Å². The van der Waals surface area contributed by atoms with Gasteiger partial charge in [-0.15, -0.1) is 0 Å². The van der Waals surface area contributed by atoms with Crippen LogP contribution < -0.4 is 0 Å². The molecule has 2 unspecified atom stereocenters. The van der Waals surface area contributed by atoms with Crippen LogP contribution in [0.5, 0.6) is 0 Å². The third-order valence-electron chi connectivity index (χ3n) is 6.89. The number of amides is 2. The highest BCUT2D eigenvalue weighted by atomic mass is 35.5. The van der Waals surface area contributed by atoms with Gasteiger partial charge in [0.05, 0.1) is 13.0 Å². The number of nitrogens with zero attached hydrogens (tertiary/aromatic N) is 3. The smallest absolute Gasteiger partial charge is 0.327 e. The summed E-state index contributed by atoms with van der Waals surface area (Å²) in [5.41, 5.74) is 0.712. The fourth-order valence-electron chi connectivity index (χ4n) is 5.21. The number of carbonyl (C=O) groups is 3.